The number of pyridine rings is 1. The maximum absolute atomic E-state index is 14.0. The Labute approximate surface area is 193 Å². The molecule has 0 radical (unpaired) electrons. The summed E-state index contributed by atoms with van der Waals surface area (Å²) in [7, 11) is 0. The number of aryl methyl sites for hydroxylation is 1. The van der Waals surface area contributed by atoms with E-state index in [1.807, 2.05) is 54.6 Å². The molecule has 0 saturated carbocycles. The number of halogens is 1. The van der Waals surface area contributed by atoms with Crippen LogP contribution in [0.1, 0.15) is 49.4 Å². The minimum absolute atomic E-state index is 0.0228. The van der Waals surface area contributed by atoms with E-state index < -0.39 is 18.2 Å². The van der Waals surface area contributed by atoms with Crippen LogP contribution >= 0.6 is 0 Å². The lowest BCUT2D eigenvalue weighted by Gasteiger charge is -2.24. The minimum Gasteiger partial charge on any atom is -0.458 e. The number of aromatic nitrogens is 1. The normalized spacial score (nSPS) is 18.7. The number of carbonyl (C=O) groups is 1. The first kappa shape index (κ1) is 22.9. The molecule has 5 heteroatoms. The lowest BCUT2D eigenvalue weighted by Crippen LogP contribution is -2.31. The summed E-state index contributed by atoms with van der Waals surface area (Å²) in [5.41, 5.74) is 6.01. The molecule has 33 heavy (non-hydrogen) atoms. The third-order valence-corrected chi connectivity index (χ3v) is 5.84. The van der Waals surface area contributed by atoms with Gasteiger partial charge in [0.1, 0.15) is 11.9 Å². The van der Waals surface area contributed by atoms with Crippen LogP contribution in [-0.2, 0) is 9.53 Å². The monoisotopic (exact) mass is 445 g/mol. The molecule has 3 aromatic rings. The van der Waals surface area contributed by atoms with Gasteiger partial charge in [0.15, 0.2) is 0 Å². The Kier molecular flexibility index (Phi) is 6.70. The molecule has 2 heterocycles. The Morgan fingerprint density at radius 2 is 1.88 bits per heavy atom. The van der Waals surface area contributed by atoms with Gasteiger partial charge < -0.3 is 9.84 Å². The van der Waals surface area contributed by atoms with Crippen LogP contribution in [-0.4, -0.2) is 28.3 Å². The number of hydrogen-bond acceptors (Lipinski definition) is 4. The molecule has 4 rings (SSSR count). The van der Waals surface area contributed by atoms with Crippen LogP contribution in [0.15, 0.2) is 60.7 Å². The first-order chi connectivity index (χ1) is 15.8. The summed E-state index contributed by atoms with van der Waals surface area (Å²) < 4.78 is 19.4. The largest absolute Gasteiger partial charge is 0.458 e. The van der Waals surface area contributed by atoms with Crippen molar-refractivity contribution in [2.24, 2.45) is 0 Å². The van der Waals surface area contributed by atoms with Gasteiger partial charge in [-0.3, -0.25) is 9.78 Å². The number of rotatable bonds is 5. The van der Waals surface area contributed by atoms with Crippen LogP contribution in [0.5, 0.6) is 0 Å². The molecule has 2 atom stereocenters. The standard InChI is InChI=1S/C28H28FNO3/c1-17(2)28-23(11-10-22-14-21(31)15-27(32)33-22)24(20-9-12-25(29)18(3)13-20)16-26(30-28)19-7-5-4-6-8-19/h4-13,16-17,21-22,31H,14-15H2,1-3H3/b11-10+/t21-,22-/m1/s1. The highest BCUT2D eigenvalue weighted by Crippen LogP contribution is 2.35. The van der Waals surface area contributed by atoms with E-state index in [4.69, 9.17) is 9.72 Å². The molecule has 0 unspecified atom stereocenters. The lowest BCUT2D eigenvalue weighted by molar-refractivity contribution is -0.156. The zero-order chi connectivity index (χ0) is 23.5. The predicted molar refractivity (Wildman–Crippen MR) is 128 cm³/mol. The number of ether oxygens (including phenoxy) is 1. The molecule has 0 amide bonds. The quantitative estimate of drug-likeness (QED) is 0.485. The summed E-state index contributed by atoms with van der Waals surface area (Å²) in [6.45, 7) is 5.91. The number of aliphatic hydroxyl groups is 1. The second kappa shape index (κ2) is 9.67. The van der Waals surface area contributed by atoms with Crippen molar-refractivity contribution in [2.45, 2.75) is 51.7 Å². The van der Waals surface area contributed by atoms with Crippen molar-refractivity contribution in [3.05, 3.63) is 83.3 Å². The van der Waals surface area contributed by atoms with E-state index in [1.54, 1.807) is 13.0 Å². The van der Waals surface area contributed by atoms with Crippen LogP contribution in [0.4, 0.5) is 4.39 Å². The number of cyclic esters (lactones) is 1. The maximum Gasteiger partial charge on any atom is 0.309 e. The van der Waals surface area contributed by atoms with E-state index in [-0.39, 0.29) is 18.2 Å². The third kappa shape index (κ3) is 5.20. The van der Waals surface area contributed by atoms with E-state index in [9.17, 15) is 14.3 Å². The highest BCUT2D eigenvalue weighted by atomic mass is 19.1. The fraction of sp³-hybridized carbons (Fsp3) is 0.286. The van der Waals surface area contributed by atoms with Crippen LogP contribution in [0.3, 0.4) is 0 Å². The molecule has 1 aromatic heterocycles. The van der Waals surface area contributed by atoms with Gasteiger partial charge in [-0.15, -0.1) is 0 Å². The van der Waals surface area contributed by atoms with E-state index >= 15 is 0 Å². The summed E-state index contributed by atoms with van der Waals surface area (Å²) >= 11 is 0. The summed E-state index contributed by atoms with van der Waals surface area (Å²) in [6, 6.07) is 17.1. The number of esters is 1. The molecule has 0 bridgehead atoms. The van der Waals surface area contributed by atoms with Crippen molar-refractivity contribution in [3.8, 4) is 22.4 Å². The Balaban J connectivity index is 1.88. The third-order valence-electron chi connectivity index (χ3n) is 5.84. The van der Waals surface area contributed by atoms with E-state index in [0.717, 1.165) is 33.6 Å². The minimum atomic E-state index is -0.705. The first-order valence-corrected chi connectivity index (χ1v) is 11.2. The second-order valence-corrected chi connectivity index (χ2v) is 8.82. The zero-order valence-electron chi connectivity index (χ0n) is 19.1. The van der Waals surface area contributed by atoms with Crippen molar-refractivity contribution in [1.29, 1.82) is 0 Å². The van der Waals surface area contributed by atoms with Crippen LogP contribution in [0, 0.1) is 12.7 Å². The Hall–Kier alpha value is -3.31. The second-order valence-electron chi connectivity index (χ2n) is 8.82. The molecule has 1 saturated heterocycles. The van der Waals surface area contributed by atoms with E-state index in [1.165, 1.54) is 6.07 Å². The Morgan fingerprint density at radius 1 is 1.12 bits per heavy atom. The number of nitrogens with zero attached hydrogens (tertiary/aromatic N) is 1. The van der Waals surface area contributed by atoms with Crippen molar-refractivity contribution in [1.82, 2.24) is 4.98 Å². The van der Waals surface area contributed by atoms with Crippen molar-refractivity contribution in [2.75, 3.05) is 0 Å². The van der Waals surface area contributed by atoms with Gasteiger partial charge in [0.2, 0.25) is 0 Å². The molecular weight excluding hydrogens is 417 g/mol. The van der Waals surface area contributed by atoms with Crippen LogP contribution in [0.2, 0.25) is 0 Å². The molecule has 1 aliphatic heterocycles. The zero-order valence-corrected chi connectivity index (χ0v) is 19.1. The number of benzene rings is 2. The SMILES string of the molecule is Cc1cc(-c2cc(-c3ccccc3)nc(C(C)C)c2/C=C/[C@@H]2C[C@@H](O)CC(=O)O2)ccc1F. The Bertz CT molecular complexity index is 1190. The van der Waals surface area contributed by atoms with Gasteiger partial charge in [-0.1, -0.05) is 56.3 Å². The highest BCUT2D eigenvalue weighted by Gasteiger charge is 2.26. The van der Waals surface area contributed by atoms with E-state index in [0.29, 0.717) is 12.0 Å². The maximum atomic E-state index is 14.0. The molecule has 4 nitrogen and oxygen atoms in total. The molecular formula is C28H28FNO3. The van der Waals surface area contributed by atoms with Crippen LogP contribution in [0.25, 0.3) is 28.5 Å². The average molecular weight is 446 g/mol. The molecule has 0 aliphatic carbocycles. The molecule has 2 aromatic carbocycles. The molecule has 1 fully saturated rings. The highest BCUT2D eigenvalue weighted by molar-refractivity contribution is 5.81. The van der Waals surface area contributed by atoms with Crippen molar-refractivity contribution < 1.29 is 19.0 Å². The first-order valence-electron chi connectivity index (χ1n) is 11.2. The summed E-state index contributed by atoms with van der Waals surface area (Å²) in [6.07, 6.45) is 2.90. The van der Waals surface area contributed by atoms with E-state index in [2.05, 4.69) is 13.8 Å². The number of carbonyl (C=O) groups excluding carboxylic acids is 1. The molecule has 170 valence electrons. The molecule has 0 spiro atoms. The van der Waals surface area contributed by atoms with Crippen molar-refractivity contribution in [3.63, 3.8) is 0 Å². The molecule has 1 aliphatic rings. The summed E-state index contributed by atoms with van der Waals surface area (Å²) in [5, 5.41) is 9.96. The van der Waals surface area contributed by atoms with Gasteiger partial charge in [0.25, 0.3) is 0 Å². The lowest BCUT2D eigenvalue weighted by atomic mass is 9.91. The van der Waals surface area contributed by atoms with Gasteiger partial charge >= 0.3 is 5.97 Å². The number of hydrogen-bond donors (Lipinski definition) is 1. The average Bonchev–Trinajstić information content (AvgIpc) is 2.79. The fourth-order valence-electron chi connectivity index (χ4n) is 4.13. The summed E-state index contributed by atoms with van der Waals surface area (Å²) in [4.78, 5) is 16.7. The van der Waals surface area contributed by atoms with Gasteiger partial charge in [0.05, 0.1) is 23.9 Å². The van der Waals surface area contributed by atoms with Gasteiger partial charge in [-0.25, -0.2) is 4.39 Å². The van der Waals surface area contributed by atoms with Gasteiger partial charge in [-0.05, 0) is 53.8 Å². The van der Waals surface area contributed by atoms with Gasteiger partial charge in [-0.2, -0.15) is 0 Å². The topological polar surface area (TPSA) is 59.4 Å². The molecule has 1 N–H and O–H groups in total. The van der Waals surface area contributed by atoms with Crippen LogP contribution < -0.4 is 0 Å². The Morgan fingerprint density at radius 3 is 2.55 bits per heavy atom. The number of aliphatic hydroxyl groups excluding tert-OH is 1. The van der Waals surface area contributed by atoms with Gasteiger partial charge in [0, 0.05) is 17.5 Å². The predicted octanol–water partition coefficient (Wildman–Crippen LogP) is 6.07. The smallest absolute Gasteiger partial charge is 0.309 e. The fourth-order valence-corrected chi connectivity index (χ4v) is 4.13. The van der Waals surface area contributed by atoms with Crippen molar-refractivity contribution >= 4 is 12.0 Å². The summed E-state index contributed by atoms with van der Waals surface area (Å²) in [5.74, 6) is -0.534.